The minimum Gasteiger partial charge on any atom is -0.496 e. The van der Waals surface area contributed by atoms with E-state index < -0.39 is 0 Å². The number of carbonyl (C=O) groups is 1. The molecule has 1 saturated heterocycles. The molecule has 0 bridgehead atoms. The molecule has 0 radical (unpaired) electrons. The molecule has 1 amide bonds. The van der Waals surface area contributed by atoms with E-state index in [0.717, 1.165) is 46.4 Å². The zero-order valence-electron chi connectivity index (χ0n) is 23.7. The molecule has 1 aliphatic heterocycles. The van der Waals surface area contributed by atoms with Crippen LogP contribution in [-0.4, -0.2) is 69.8 Å². The maximum absolute atomic E-state index is 13.6. The summed E-state index contributed by atoms with van der Waals surface area (Å²) in [7, 11) is 1.62. The van der Waals surface area contributed by atoms with Crippen molar-refractivity contribution in [2.24, 2.45) is 0 Å². The summed E-state index contributed by atoms with van der Waals surface area (Å²) < 4.78 is 13.1. The van der Waals surface area contributed by atoms with Gasteiger partial charge in [-0.25, -0.2) is 4.98 Å². The predicted molar refractivity (Wildman–Crippen MR) is 155 cm³/mol. The van der Waals surface area contributed by atoms with Gasteiger partial charge in [-0.15, -0.1) is 0 Å². The number of methoxy groups -OCH3 is 1. The van der Waals surface area contributed by atoms with Crippen molar-refractivity contribution in [3.63, 3.8) is 0 Å². The summed E-state index contributed by atoms with van der Waals surface area (Å²) in [6.45, 7) is 10.3. The van der Waals surface area contributed by atoms with Gasteiger partial charge in [0.1, 0.15) is 11.6 Å². The van der Waals surface area contributed by atoms with Gasteiger partial charge in [-0.2, -0.15) is 0 Å². The summed E-state index contributed by atoms with van der Waals surface area (Å²) in [6, 6.07) is 3.68. The van der Waals surface area contributed by atoms with Gasteiger partial charge in [0, 0.05) is 48.6 Å². The first kappa shape index (κ1) is 27.3. The molecule has 40 heavy (non-hydrogen) atoms. The second-order valence-electron chi connectivity index (χ2n) is 9.93. The van der Waals surface area contributed by atoms with Gasteiger partial charge < -0.3 is 29.5 Å². The molecule has 0 atom stereocenters. The molecule has 208 valence electrons. The fraction of sp³-hybridized carbons (Fsp3) is 0.367. The second kappa shape index (κ2) is 11.4. The Labute approximate surface area is 233 Å². The molecule has 0 aromatic carbocycles. The molecule has 1 aliphatic rings. The Balaban J connectivity index is 1.62. The summed E-state index contributed by atoms with van der Waals surface area (Å²) in [6.07, 6.45) is 8.30. The average Bonchev–Trinajstić information content (AvgIpc) is 3.22. The van der Waals surface area contributed by atoms with Crippen LogP contribution in [0, 0.1) is 26.2 Å². The molecule has 0 unspecified atom stereocenters. The normalized spacial score (nSPS) is 13.5. The fourth-order valence-electron chi connectivity index (χ4n) is 5.43. The standard InChI is InChI=1S/C30H35N7O3/c1-6-7-23-29-18(2)28(30(38)36-10-12-40-13-11-36)20(4)37(29)17-27(34-23)35-24-14-25(33-19(3)21(24)15-31)22-16-32-9-8-26(22)39-5/h8-9,14-17,31H,6-7,10-13H2,1-5H3,(H,33,35). The first-order valence-electron chi connectivity index (χ1n) is 13.5. The monoisotopic (exact) mass is 541 g/mol. The fourth-order valence-corrected chi connectivity index (χ4v) is 5.43. The predicted octanol–water partition coefficient (Wildman–Crippen LogP) is 4.89. The number of aromatic nitrogens is 4. The highest BCUT2D eigenvalue weighted by atomic mass is 16.5. The SMILES string of the molecule is CCCc1nc(Nc2cc(-c3cnccc3OC)nc(C)c2C=N)cn2c(C)c(C(=O)N3CCOCC3)c(C)c12. The molecule has 4 aromatic heterocycles. The van der Waals surface area contributed by atoms with Gasteiger partial charge >= 0.3 is 0 Å². The summed E-state index contributed by atoms with van der Waals surface area (Å²) in [5.74, 6) is 1.32. The van der Waals surface area contributed by atoms with E-state index in [4.69, 9.17) is 24.9 Å². The Morgan fingerprint density at radius 2 is 2.00 bits per heavy atom. The van der Waals surface area contributed by atoms with Crippen molar-refractivity contribution in [1.29, 1.82) is 5.41 Å². The van der Waals surface area contributed by atoms with Crippen molar-refractivity contribution < 1.29 is 14.3 Å². The first-order chi connectivity index (χ1) is 19.4. The van der Waals surface area contributed by atoms with E-state index >= 15 is 0 Å². The number of nitrogens with one attached hydrogen (secondary N) is 2. The van der Waals surface area contributed by atoms with Crippen LogP contribution in [0.2, 0.25) is 0 Å². The van der Waals surface area contributed by atoms with Gasteiger partial charge in [0.15, 0.2) is 0 Å². The number of amides is 1. The van der Waals surface area contributed by atoms with Crippen molar-refractivity contribution in [1.82, 2.24) is 24.3 Å². The van der Waals surface area contributed by atoms with Crippen LogP contribution in [0.1, 0.15) is 51.9 Å². The van der Waals surface area contributed by atoms with Crippen LogP contribution in [0.4, 0.5) is 11.5 Å². The number of anilines is 2. The van der Waals surface area contributed by atoms with Crippen LogP contribution in [0.15, 0.2) is 30.7 Å². The summed E-state index contributed by atoms with van der Waals surface area (Å²) >= 11 is 0. The smallest absolute Gasteiger partial charge is 0.256 e. The third-order valence-electron chi connectivity index (χ3n) is 7.41. The van der Waals surface area contributed by atoms with E-state index in [1.807, 2.05) is 37.9 Å². The third kappa shape index (κ3) is 4.90. The number of rotatable bonds is 8. The number of ether oxygens (including phenoxy) is 2. The number of hydrogen-bond donors (Lipinski definition) is 2. The lowest BCUT2D eigenvalue weighted by molar-refractivity contribution is 0.0302. The topological polar surface area (TPSA) is 118 Å². The maximum atomic E-state index is 13.6. The van der Waals surface area contributed by atoms with Crippen LogP contribution in [0.25, 0.3) is 16.8 Å². The lowest BCUT2D eigenvalue weighted by Crippen LogP contribution is -2.41. The van der Waals surface area contributed by atoms with E-state index in [-0.39, 0.29) is 5.91 Å². The molecule has 1 fully saturated rings. The molecular formula is C30H35N7O3. The molecule has 0 aliphatic carbocycles. The lowest BCUT2D eigenvalue weighted by atomic mass is 10.1. The second-order valence-corrected chi connectivity index (χ2v) is 9.93. The van der Waals surface area contributed by atoms with Gasteiger partial charge in [0.2, 0.25) is 0 Å². The van der Waals surface area contributed by atoms with Crippen molar-refractivity contribution in [2.75, 3.05) is 38.7 Å². The van der Waals surface area contributed by atoms with Crippen LogP contribution < -0.4 is 10.1 Å². The Kier molecular flexibility index (Phi) is 7.79. The minimum absolute atomic E-state index is 0.0323. The molecule has 4 aromatic rings. The van der Waals surface area contributed by atoms with E-state index in [1.54, 1.807) is 25.6 Å². The van der Waals surface area contributed by atoms with Crippen molar-refractivity contribution in [2.45, 2.75) is 40.5 Å². The van der Waals surface area contributed by atoms with Crippen LogP contribution in [0.3, 0.4) is 0 Å². The highest BCUT2D eigenvalue weighted by molar-refractivity contribution is 6.00. The van der Waals surface area contributed by atoms with Crippen molar-refractivity contribution >= 4 is 29.1 Å². The lowest BCUT2D eigenvalue weighted by Gasteiger charge is -2.27. The Morgan fingerprint density at radius 1 is 1.23 bits per heavy atom. The Morgan fingerprint density at radius 3 is 2.70 bits per heavy atom. The van der Waals surface area contributed by atoms with E-state index in [9.17, 15) is 4.79 Å². The van der Waals surface area contributed by atoms with Gasteiger partial charge in [0.25, 0.3) is 5.91 Å². The summed E-state index contributed by atoms with van der Waals surface area (Å²) in [5, 5.41) is 11.5. The van der Waals surface area contributed by atoms with E-state index in [2.05, 4.69) is 21.6 Å². The van der Waals surface area contributed by atoms with Crippen molar-refractivity contribution in [3.8, 4) is 17.0 Å². The number of carbonyl (C=O) groups excluding carboxylic acids is 1. The van der Waals surface area contributed by atoms with Crippen LogP contribution in [-0.2, 0) is 11.2 Å². The van der Waals surface area contributed by atoms with E-state index in [0.29, 0.717) is 60.5 Å². The number of pyridine rings is 2. The molecule has 2 N–H and O–H groups in total. The summed E-state index contributed by atoms with van der Waals surface area (Å²) in [4.78, 5) is 29.4. The highest BCUT2D eigenvalue weighted by Gasteiger charge is 2.27. The molecule has 0 spiro atoms. The molecule has 0 saturated carbocycles. The molecule has 10 heteroatoms. The third-order valence-corrected chi connectivity index (χ3v) is 7.41. The van der Waals surface area contributed by atoms with Crippen LogP contribution >= 0.6 is 0 Å². The minimum atomic E-state index is 0.0323. The first-order valence-corrected chi connectivity index (χ1v) is 13.5. The zero-order chi connectivity index (χ0) is 28.4. The molecule has 5 heterocycles. The number of morpholine rings is 1. The largest absolute Gasteiger partial charge is 0.496 e. The molecule has 5 rings (SSSR count). The van der Waals surface area contributed by atoms with Gasteiger partial charge in [-0.05, 0) is 44.9 Å². The zero-order valence-corrected chi connectivity index (χ0v) is 23.7. The number of nitrogens with zero attached hydrogens (tertiary/aromatic N) is 5. The van der Waals surface area contributed by atoms with Gasteiger partial charge in [-0.3, -0.25) is 14.8 Å². The Hall–Kier alpha value is -4.31. The number of hydrogen-bond acceptors (Lipinski definition) is 8. The number of aryl methyl sites for hydroxylation is 4. The van der Waals surface area contributed by atoms with Crippen LogP contribution in [0.5, 0.6) is 5.75 Å². The quantitative estimate of drug-likeness (QED) is 0.305. The highest BCUT2D eigenvalue weighted by Crippen LogP contribution is 2.33. The number of fused-ring (bicyclic) bond motifs is 1. The van der Waals surface area contributed by atoms with E-state index in [1.165, 1.54) is 6.21 Å². The molecular weight excluding hydrogens is 506 g/mol. The van der Waals surface area contributed by atoms with Gasteiger partial charge in [-0.1, -0.05) is 13.3 Å². The average molecular weight is 542 g/mol. The van der Waals surface area contributed by atoms with Gasteiger partial charge in [0.05, 0.1) is 60.2 Å². The summed E-state index contributed by atoms with van der Waals surface area (Å²) in [5.41, 5.74) is 7.94. The Bertz CT molecular complexity index is 1590. The van der Waals surface area contributed by atoms with Crippen molar-refractivity contribution in [3.05, 3.63) is 64.5 Å². The molecule has 10 nitrogen and oxygen atoms in total. The maximum Gasteiger partial charge on any atom is 0.256 e.